The third-order valence-corrected chi connectivity index (χ3v) is 4.42. The molecule has 1 N–H and O–H groups in total. The zero-order valence-corrected chi connectivity index (χ0v) is 12.8. The highest BCUT2D eigenvalue weighted by molar-refractivity contribution is 6.31. The third-order valence-electron chi connectivity index (χ3n) is 4.12. The van der Waals surface area contributed by atoms with Crippen LogP contribution in [0.15, 0.2) is 66.7 Å². The fourth-order valence-electron chi connectivity index (χ4n) is 3.06. The largest absolute Gasteiger partial charge is 0.507 e. The van der Waals surface area contributed by atoms with Crippen LogP contribution in [-0.4, -0.2) is 5.11 Å². The standard InChI is InChI=1S/C20H12ClFO/c21-17-7-3-6-16(20(17)22)19-15-9-8-12-4-1-2-5-13(12)14(15)10-11-18(19)23/h1-11,23H. The minimum absolute atomic E-state index is 0.0361. The van der Waals surface area contributed by atoms with Gasteiger partial charge in [-0.15, -0.1) is 0 Å². The van der Waals surface area contributed by atoms with Gasteiger partial charge in [0.05, 0.1) is 5.02 Å². The summed E-state index contributed by atoms with van der Waals surface area (Å²) in [7, 11) is 0. The van der Waals surface area contributed by atoms with E-state index < -0.39 is 5.82 Å². The number of hydrogen-bond acceptors (Lipinski definition) is 1. The van der Waals surface area contributed by atoms with E-state index in [1.54, 1.807) is 18.2 Å². The molecule has 0 fully saturated rings. The lowest BCUT2D eigenvalue weighted by Gasteiger charge is -2.13. The topological polar surface area (TPSA) is 20.2 Å². The molecule has 0 saturated heterocycles. The van der Waals surface area contributed by atoms with Gasteiger partial charge in [0, 0.05) is 11.1 Å². The molecule has 0 aliphatic rings. The highest BCUT2D eigenvalue weighted by Crippen LogP contribution is 2.41. The lowest BCUT2D eigenvalue weighted by molar-refractivity contribution is 0.477. The van der Waals surface area contributed by atoms with Gasteiger partial charge in [-0.3, -0.25) is 0 Å². The number of rotatable bonds is 1. The molecule has 1 nitrogen and oxygen atoms in total. The van der Waals surface area contributed by atoms with Crippen molar-refractivity contribution in [3.8, 4) is 16.9 Å². The van der Waals surface area contributed by atoms with Crippen molar-refractivity contribution in [2.75, 3.05) is 0 Å². The molecule has 4 aromatic rings. The summed E-state index contributed by atoms with van der Waals surface area (Å²) in [6.45, 7) is 0. The van der Waals surface area contributed by atoms with E-state index in [-0.39, 0.29) is 10.8 Å². The van der Waals surface area contributed by atoms with Crippen molar-refractivity contribution in [3.05, 3.63) is 77.6 Å². The van der Waals surface area contributed by atoms with Gasteiger partial charge in [-0.2, -0.15) is 0 Å². The first-order valence-corrected chi connectivity index (χ1v) is 7.62. The Morgan fingerprint density at radius 3 is 2.39 bits per heavy atom. The van der Waals surface area contributed by atoms with E-state index in [1.807, 2.05) is 42.5 Å². The monoisotopic (exact) mass is 322 g/mol. The lowest BCUT2D eigenvalue weighted by Crippen LogP contribution is -1.89. The smallest absolute Gasteiger partial charge is 0.149 e. The molecule has 0 spiro atoms. The van der Waals surface area contributed by atoms with Crippen molar-refractivity contribution in [3.63, 3.8) is 0 Å². The number of aromatic hydroxyl groups is 1. The Hall–Kier alpha value is -2.58. The molecule has 0 amide bonds. The predicted octanol–water partition coefficient (Wildman–Crippen LogP) is 6.16. The summed E-state index contributed by atoms with van der Waals surface area (Å²) in [6, 6.07) is 20.1. The predicted molar refractivity (Wildman–Crippen MR) is 93.5 cm³/mol. The van der Waals surface area contributed by atoms with Crippen LogP contribution in [-0.2, 0) is 0 Å². The van der Waals surface area contributed by atoms with Gasteiger partial charge in [-0.25, -0.2) is 4.39 Å². The minimum Gasteiger partial charge on any atom is -0.507 e. The molecule has 0 bridgehead atoms. The number of phenols is 1. The Bertz CT molecular complexity index is 1060. The van der Waals surface area contributed by atoms with Crippen molar-refractivity contribution in [1.82, 2.24) is 0 Å². The molecule has 0 saturated carbocycles. The van der Waals surface area contributed by atoms with E-state index >= 15 is 0 Å². The van der Waals surface area contributed by atoms with Crippen LogP contribution in [0.4, 0.5) is 4.39 Å². The van der Waals surface area contributed by atoms with E-state index in [1.165, 1.54) is 6.07 Å². The second-order valence-corrected chi connectivity index (χ2v) is 5.85. The Labute approximate surface area is 137 Å². The Balaban J connectivity index is 2.16. The van der Waals surface area contributed by atoms with Crippen LogP contribution < -0.4 is 0 Å². The van der Waals surface area contributed by atoms with E-state index in [9.17, 15) is 9.50 Å². The van der Waals surface area contributed by atoms with Crippen molar-refractivity contribution in [1.29, 1.82) is 0 Å². The summed E-state index contributed by atoms with van der Waals surface area (Å²) in [5, 5.41) is 14.3. The van der Waals surface area contributed by atoms with Crippen molar-refractivity contribution >= 4 is 33.1 Å². The van der Waals surface area contributed by atoms with Gasteiger partial charge in [0.1, 0.15) is 11.6 Å². The van der Waals surface area contributed by atoms with Crippen LogP contribution >= 0.6 is 11.6 Å². The molecule has 23 heavy (non-hydrogen) atoms. The van der Waals surface area contributed by atoms with Gasteiger partial charge >= 0.3 is 0 Å². The molecule has 0 aliphatic heterocycles. The maximum Gasteiger partial charge on any atom is 0.149 e. The summed E-state index contributed by atoms with van der Waals surface area (Å²) in [5.74, 6) is -0.487. The fraction of sp³-hybridized carbons (Fsp3) is 0. The quantitative estimate of drug-likeness (QED) is 0.416. The second-order valence-electron chi connectivity index (χ2n) is 5.44. The highest BCUT2D eigenvalue weighted by atomic mass is 35.5. The van der Waals surface area contributed by atoms with E-state index in [0.29, 0.717) is 11.1 Å². The van der Waals surface area contributed by atoms with Gasteiger partial charge in [-0.05, 0) is 33.7 Å². The van der Waals surface area contributed by atoms with E-state index in [0.717, 1.165) is 21.5 Å². The maximum atomic E-state index is 14.5. The van der Waals surface area contributed by atoms with Crippen LogP contribution in [0.5, 0.6) is 5.75 Å². The molecular weight excluding hydrogens is 311 g/mol. The zero-order valence-electron chi connectivity index (χ0n) is 12.1. The molecule has 4 rings (SSSR count). The average Bonchev–Trinajstić information content (AvgIpc) is 2.57. The number of fused-ring (bicyclic) bond motifs is 3. The lowest BCUT2D eigenvalue weighted by atomic mass is 9.93. The SMILES string of the molecule is Oc1ccc2c(ccc3ccccc32)c1-c1cccc(Cl)c1F. The van der Waals surface area contributed by atoms with Gasteiger partial charge < -0.3 is 5.11 Å². The van der Waals surface area contributed by atoms with Crippen molar-refractivity contribution in [2.24, 2.45) is 0 Å². The first-order chi connectivity index (χ1) is 11.2. The Kier molecular flexibility index (Phi) is 3.21. The second kappa shape index (κ2) is 5.25. The average molecular weight is 323 g/mol. The number of halogens is 2. The third kappa shape index (κ3) is 2.14. The molecule has 0 atom stereocenters. The van der Waals surface area contributed by atoms with Gasteiger partial charge in [0.25, 0.3) is 0 Å². The minimum atomic E-state index is -0.523. The summed E-state index contributed by atoms with van der Waals surface area (Å²) in [5.41, 5.74) is 0.768. The molecule has 0 radical (unpaired) electrons. The first kappa shape index (κ1) is 14.0. The van der Waals surface area contributed by atoms with E-state index in [2.05, 4.69) is 0 Å². The van der Waals surface area contributed by atoms with E-state index in [4.69, 9.17) is 11.6 Å². The van der Waals surface area contributed by atoms with Crippen LogP contribution in [0, 0.1) is 5.82 Å². The Morgan fingerprint density at radius 1 is 0.739 bits per heavy atom. The van der Waals surface area contributed by atoms with Crippen molar-refractivity contribution in [2.45, 2.75) is 0 Å². The zero-order chi connectivity index (χ0) is 16.0. The summed E-state index contributed by atoms with van der Waals surface area (Å²) >= 11 is 5.91. The first-order valence-electron chi connectivity index (χ1n) is 7.24. The molecule has 0 heterocycles. The van der Waals surface area contributed by atoms with Crippen molar-refractivity contribution < 1.29 is 9.50 Å². The molecule has 112 valence electrons. The Morgan fingerprint density at radius 2 is 1.52 bits per heavy atom. The summed E-state index contributed by atoms with van der Waals surface area (Å²) in [6.07, 6.45) is 0. The maximum absolute atomic E-state index is 14.5. The van der Waals surface area contributed by atoms with Crippen LogP contribution in [0.3, 0.4) is 0 Å². The normalized spacial score (nSPS) is 11.2. The number of phenolic OH excluding ortho intramolecular Hbond substituents is 1. The fourth-order valence-corrected chi connectivity index (χ4v) is 3.23. The number of hydrogen-bond donors (Lipinski definition) is 1. The summed E-state index contributed by atoms with van der Waals surface area (Å²) in [4.78, 5) is 0. The molecule has 0 unspecified atom stereocenters. The molecule has 3 heteroatoms. The summed E-state index contributed by atoms with van der Waals surface area (Å²) < 4.78 is 14.5. The molecular formula is C20H12ClFO. The van der Waals surface area contributed by atoms with Gasteiger partial charge in [0.15, 0.2) is 0 Å². The van der Waals surface area contributed by atoms with Crippen LogP contribution in [0.1, 0.15) is 0 Å². The van der Waals surface area contributed by atoms with Gasteiger partial charge in [0.2, 0.25) is 0 Å². The van der Waals surface area contributed by atoms with Gasteiger partial charge in [-0.1, -0.05) is 66.2 Å². The van der Waals surface area contributed by atoms with Crippen LogP contribution in [0.2, 0.25) is 5.02 Å². The molecule has 0 aromatic heterocycles. The number of benzene rings is 4. The molecule has 4 aromatic carbocycles. The van der Waals surface area contributed by atoms with Crippen LogP contribution in [0.25, 0.3) is 32.7 Å². The highest BCUT2D eigenvalue weighted by Gasteiger charge is 2.16. The molecule has 0 aliphatic carbocycles.